The van der Waals surface area contributed by atoms with E-state index in [9.17, 15) is 24.3 Å². The predicted octanol–water partition coefficient (Wildman–Crippen LogP) is 0.107. The molecule has 1 saturated heterocycles. The predicted molar refractivity (Wildman–Crippen MR) is 123 cm³/mol. The lowest BCUT2D eigenvalue weighted by atomic mass is 10.0. The molecule has 0 saturated carbocycles. The third kappa shape index (κ3) is 5.36. The summed E-state index contributed by atoms with van der Waals surface area (Å²) >= 11 is 2.09. The number of amides is 2. The normalized spacial score (nSPS) is 20.3. The molecule has 182 valence electrons. The molecule has 1 aromatic rings. The van der Waals surface area contributed by atoms with Crippen molar-refractivity contribution in [2.75, 3.05) is 18.1 Å². The third-order valence-corrected chi connectivity index (χ3v) is 6.20. The number of hydrogen-bond acceptors (Lipinski definition) is 12. The van der Waals surface area contributed by atoms with E-state index in [2.05, 4.69) is 26.4 Å². The number of anilines is 1. The molecule has 1 aromatic heterocycles. The minimum Gasteiger partial charge on any atom is -0.477 e. The summed E-state index contributed by atoms with van der Waals surface area (Å²) < 4.78 is 9.03. The Morgan fingerprint density at radius 2 is 2.12 bits per heavy atom. The number of carboxylic acids is 1. The highest BCUT2D eigenvalue weighted by Gasteiger charge is 2.54. The lowest BCUT2D eigenvalue weighted by molar-refractivity contribution is -0.160. The number of esters is 1. The van der Waals surface area contributed by atoms with E-state index in [1.807, 2.05) is 0 Å². The summed E-state index contributed by atoms with van der Waals surface area (Å²) in [7, 11) is 0. The van der Waals surface area contributed by atoms with Gasteiger partial charge in [0.1, 0.15) is 22.7 Å². The lowest BCUT2D eigenvalue weighted by Crippen LogP contribution is -2.71. The van der Waals surface area contributed by atoms with Crippen LogP contribution in [0.4, 0.5) is 5.13 Å². The fraction of sp³-hybridized carbons (Fsp3) is 0.421. The van der Waals surface area contributed by atoms with Crippen LogP contribution in [0.25, 0.3) is 0 Å². The van der Waals surface area contributed by atoms with Gasteiger partial charge in [0.05, 0.1) is 0 Å². The summed E-state index contributed by atoms with van der Waals surface area (Å²) in [5.74, 6) is -3.31. The van der Waals surface area contributed by atoms with Gasteiger partial charge in [0, 0.05) is 17.3 Å². The smallest absolute Gasteiger partial charge is 0.352 e. The SMILES string of the molecule is C=CC1=C(C(=O)O)N2C(=O)C(NC(=O)C(=NOCC(=O)OC(C)(C)C)c3nsc(N)n3)[C@@H]2SC1. The molecule has 34 heavy (non-hydrogen) atoms. The number of rotatable bonds is 8. The number of thioether (sulfide) groups is 1. The molecule has 3 rings (SSSR count). The van der Waals surface area contributed by atoms with Crippen LogP contribution in [0.3, 0.4) is 0 Å². The molecule has 1 unspecified atom stereocenters. The first-order valence-corrected chi connectivity index (χ1v) is 11.6. The zero-order valence-corrected chi connectivity index (χ0v) is 20.1. The molecule has 15 heteroatoms. The lowest BCUT2D eigenvalue weighted by Gasteiger charge is -2.49. The second kappa shape index (κ2) is 9.80. The second-order valence-corrected chi connectivity index (χ2v) is 9.89. The molecule has 0 radical (unpaired) electrons. The zero-order chi connectivity index (χ0) is 25.2. The first-order chi connectivity index (χ1) is 15.9. The number of aliphatic carboxylic acids is 1. The Hall–Kier alpha value is -3.46. The number of hydrogen-bond donors (Lipinski definition) is 3. The summed E-state index contributed by atoms with van der Waals surface area (Å²) in [6, 6.07) is -1.02. The Labute approximate surface area is 202 Å². The zero-order valence-electron chi connectivity index (χ0n) is 18.4. The fourth-order valence-electron chi connectivity index (χ4n) is 3.04. The van der Waals surface area contributed by atoms with Crippen LogP contribution in [0.15, 0.2) is 29.1 Å². The monoisotopic (exact) mass is 510 g/mol. The van der Waals surface area contributed by atoms with Gasteiger partial charge in [0.15, 0.2) is 5.13 Å². The highest BCUT2D eigenvalue weighted by atomic mass is 32.2. The maximum atomic E-state index is 12.9. The number of nitrogen functional groups attached to an aromatic ring is 1. The highest BCUT2D eigenvalue weighted by Crippen LogP contribution is 2.40. The maximum absolute atomic E-state index is 12.9. The van der Waals surface area contributed by atoms with Gasteiger partial charge in [-0.3, -0.25) is 14.5 Å². The van der Waals surface area contributed by atoms with E-state index >= 15 is 0 Å². The summed E-state index contributed by atoms with van der Waals surface area (Å²) in [6.07, 6.45) is 1.39. The fourth-order valence-corrected chi connectivity index (χ4v) is 4.82. The molecule has 2 aliphatic heterocycles. The van der Waals surface area contributed by atoms with Crippen molar-refractivity contribution in [3.63, 3.8) is 0 Å². The van der Waals surface area contributed by atoms with Gasteiger partial charge in [-0.25, -0.2) is 9.59 Å². The van der Waals surface area contributed by atoms with Crippen LogP contribution in [0, 0.1) is 0 Å². The van der Waals surface area contributed by atoms with Crippen molar-refractivity contribution < 1.29 is 33.9 Å². The Bertz CT molecular complexity index is 1110. The molecule has 3 heterocycles. The Balaban J connectivity index is 1.75. The number of β-lactam (4-membered cyclic amide) rings is 1. The van der Waals surface area contributed by atoms with Gasteiger partial charge in [-0.1, -0.05) is 17.8 Å². The number of carboxylic acid groups (broad SMARTS) is 1. The minimum atomic E-state index is -1.27. The van der Waals surface area contributed by atoms with Crippen molar-refractivity contribution in [3.8, 4) is 0 Å². The van der Waals surface area contributed by atoms with Crippen LogP contribution in [0.2, 0.25) is 0 Å². The van der Waals surface area contributed by atoms with E-state index in [4.69, 9.17) is 15.3 Å². The number of carbonyl (C=O) groups excluding carboxylic acids is 3. The topological polar surface area (TPSA) is 186 Å². The number of carbonyl (C=O) groups is 4. The van der Waals surface area contributed by atoms with Gasteiger partial charge < -0.3 is 25.7 Å². The van der Waals surface area contributed by atoms with Crippen LogP contribution < -0.4 is 11.1 Å². The number of nitrogens with two attached hydrogens (primary N) is 1. The quantitative estimate of drug-likeness (QED) is 0.186. The van der Waals surface area contributed by atoms with Crippen molar-refractivity contribution >= 4 is 57.9 Å². The largest absolute Gasteiger partial charge is 0.477 e. The molecule has 2 amide bonds. The third-order valence-electron chi connectivity index (χ3n) is 4.36. The first-order valence-electron chi connectivity index (χ1n) is 9.78. The minimum absolute atomic E-state index is 0.0598. The number of ether oxygens (including phenoxy) is 1. The van der Waals surface area contributed by atoms with Gasteiger partial charge in [-0.2, -0.15) is 9.36 Å². The average Bonchev–Trinajstić information content (AvgIpc) is 3.18. The van der Waals surface area contributed by atoms with Crippen molar-refractivity contribution in [3.05, 3.63) is 29.7 Å². The van der Waals surface area contributed by atoms with Crippen molar-refractivity contribution in [2.24, 2.45) is 5.16 Å². The molecular weight excluding hydrogens is 488 g/mol. The van der Waals surface area contributed by atoms with Gasteiger partial charge in [-0.05, 0) is 26.3 Å². The average molecular weight is 511 g/mol. The van der Waals surface area contributed by atoms with E-state index in [1.165, 1.54) is 17.8 Å². The Kier molecular flexibility index (Phi) is 7.26. The van der Waals surface area contributed by atoms with E-state index < -0.39 is 53.1 Å². The molecule has 0 aromatic carbocycles. The van der Waals surface area contributed by atoms with Gasteiger partial charge in [0.25, 0.3) is 11.8 Å². The van der Waals surface area contributed by atoms with Gasteiger partial charge >= 0.3 is 11.9 Å². The van der Waals surface area contributed by atoms with Gasteiger partial charge in [-0.15, -0.1) is 11.8 Å². The van der Waals surface area contributed by atoms with Crippen LogP contribution in [-0.2, 0) is 28.8 Å². The van der Waals surface area contributed by atoms with Crippen molar-refractivity contribution in [1.82, 2.24) is 19.6 Å². The summed E-state index contributed by atoms with van der Waals surface area (Å²) in [6.45, 7) is 8.04. The van der Waals surface area contributed by atoms with E-state index in [1.54, 1.807) is 20.8 Å². The van der Waals surface area contributed by atoms with E-state index in [0.29, 0.717) is 11.3 Å². The van der Waals surface area contributed by atoms with Crippen LogP contribution in [0.5, 0.6) is 0 Å². The standard InChI is InChI=1S/C19H22N6O7S2/c1-5-8-7-33-16-11(15(28)25(16)12(8)17(29)30)21-14(27)10(13-22-18(20)34-24-13)23-31-6-9(26)32-19(2,3)4/h5,11,16H,1,6-7H2,2-4H3,(H,21,27)(H,29,30)(H2,20,22,24)/t11?,16-/m0/s1. The number of oxime groups is 1. The Morgan fingerprint density at radius 3 is 2.68 bits per heavy atom. The second-order valence-electron chi connectivity index (χ2n) is 8.00. The van der Waals surface area contributed by atoms with Crippen LogP contribution >= 0.6 is 23.3 Å². The molecular formula is C19H22N6O7S2. The maximum Gasteiger partial charge on any atom is 0.352 e. The van der Waals surface area contributed by atoms with Gasteiger partial charge in [0.2, 0.25) is 18.1 Å². The summed E-state index contributed by atoms with van der Waals surface area (Å²) in [5, 5.41) is 15.1. The number of nitrogens with zero attached hydrogens (tertiary/aromatic N) is 4. The number of allylic oxidation sites excluding steroid dienone is 1. The number of nitrogens with one attached hydrogen (secondary N) is 1. The van der Waals surface area contributed by atoms with E-state index in [0.717, 1.165) is 16.4 Å². The molecule has 2 atom stereocenters. The molecule has 2 aliphatic rings. The number of fused-ring (bicyclic) bond motifs is 1. The van der Waals surface area contributed by atoms with Crippen molar-refractivity contribution in [1.29, 1.82) is 0 Å². The first kappa shape index (κ1) is 25.2. The highest BCUT2D eigenvalue weighted by molar-refractivity contribution is 8.00. The number of aromatic nitrogens is 2. The van der Waals surface area contributed by atoms with E-state index in [-0.39, 0.29) is 16.7 Å². The van der Waals surface area contributed by atoms with Crippen LogP contribution in [-0.4, -0.2) is 78.2 Å². The summed E-state index contributed by atoms with van der Waals surface area (Å²) in [4.78, 5) is 59.1. The molecule has 0 spiro atoms. The molecule has 0 bridgehead atoms. The molecule has 13 nitrogen and oxygen atoms in total. The molecule has 1 fully saturated rings. The molecule has 4 N–H and O–H groups in total. The van der Waals surface area contributed by atoms with Crippen molar-refractivity contribution in [2.45, 2.75) is 37.8 Å². The summed E-state index contributed by atoms with van der Waals surface area (Å²) in [5.41, 5.74) is 4.68. The van der Waals surface area contributed by atoms with Crippen LogP contribution in [0.1, 0.15) is 26.6 Å². The molecule has 0 aliphatic carbocycles. The Morgan fingerprint density at radius 1 is 1.41 bits per heavy atom.